The predicted molar refractivity (Wildman–Crippen MR) is 80.5 cm³/mol. The van der Waals surface area contributed by atoms with Crippen LogP contribution in [0, 0.1) is 11.8 Å². The monoisotopic (exact) mass is 258 g/mol. The summed E-state index contributed by atoms with van der Waals surface area (Å²) in [6, 6.07) is 8.08. The van der Waals surface area contributed by atoms with Crippen LogP contribution in [0.1, 0.15) is 67.8 Å². The molecule has 0 saturated heterocycles. The predicted octanol–water partition coefficient (Wildman–Crippen LogP) is 5.04. The van der Waals surface area contributed by atoms with Crippen LogP contribution in [0.25, 0.3) is 0 Å². The molecule has 0 N–H and O–H groups in total. The van der Waals surface area contributed by atoms with Gasteiger partial charge < -0.3 is 0 Å². The Hall–Kier alpha value is -1.11. The van der Waals surface area contributed by atoms with Crippen molar-refractivity contribution in [1.82, 2.24) is 0 Å². The van der Waals surface area contributed by atoms with Crippen LogP contribution in [0.15, 0.2) is 24.3 Å². The van der Waals surface area contributed by atoms with Crippen molar-refractivity contribution in [3.05, 3.63) is 35.4 Å². The molecule has 1 aliphatic rings. The number of carbonyl (C=O) groups is 1. The number of hydrogen-bond donors (Lipinski definition) is 0. The lowest BCUT2D eigenvalue weighted by molar-refractivity contribution is 0.112. The first-order valence-electron chi connectivity index (χ1n) is 7.86. The van der Waals surface area contributed by atoms with E-state index >= 15 is 0 Å². The van der Waals surface area contributed by atoms with Crippen LogP contribution in [0.5, 0.6) is 0 Å². The molecule has 1 fully saturated rings. The smallest absolute Gasteiger partial charge is 0.150 e. The quantitative estimate of drug-likeness (QED) is 0.653. The molecule has 1 aromatic rings. The first-order valence-corrected chi connectivity index (χ1v) is 7.86. The zero-order chi connectivity index (χ0) is 13.5. The standard InChI is InChI=1S/C18H26O/c1-2-5-15-6-3-7-16(12-15)10-11-17-8-4-9-18(13-17)14-19/h4,8-9,13-16H,2-3,5-7,10-12H2,1H3. The van der Waals surface area contributed by atoms with Crippen molar-refractivity contribution in [1.29, 1.82) is 0 Å². The molecule has 0 bridgehead atoms. The minimum Gasteiger partial charge on any atom is -0.298 e. The summed E-state index contributed by atoms with van der Waals surface area (Å²) in [7, 11) is 0. The molecule has 2 atom stereocenters. The maximum absolute atomic E-state index is 10.8. The highest BCUT2D eigenvalue weighted by Crippen LogP contribution is 2.34. The Morgan fingerprint density at radius 2 is 2.00 bits per heavy atom. The van der Waals surface area contributed by atoms with Gasteiger partial charge in [-0.2, -0.15) is 0 Å². The van der Waals surface area contributed by atoms with Crippen LogP contribution in [-0.4, -0.2) is 6.29 Å². The molecule has 1 aliphatic carbocycles. The Balaban J connectivity index is 1.82. The van der Waals surface area contributed by atoms with Crippen LogP contribution in [0.2, 0.25) is 0 Å². The molecule has 104 valence electrons. The van der Waals surface area contributed by atoms with Gasteiger partial charge in [-0.25, -0.2) is 0 Å². The summed E-state index contributed by atoms with van der Waals surface area (Å²) in [5.74, 6) is 1.88. The zero-order valence-corrected chi connectivity index (χ0v) is 12.1. The zero-order valence-electron chi connectivity index (χ0n) is 12.1. The summed E-state index contributed by atoms with van der Waals surface area (Å²) in [6.45, 7) is 2.30. The van der Waals surface area contributed by atoms with Gasteiger partial charge in [0.25, 0.3) is 0 Å². The van der Waals surface area contributed by atoms with Gasteiger partial charge in [0, 0.05) is 5.56 Å². The second-order valence-electron chi connectivity index (χ2n) is 6.09. The van der Waals surface area contributed by atoms with Crippen molar-refractivity contribution in [2.75, 3.05) is 0 Å². The van der Waals surface area contributed by atoms with Gasteiger partial charge in [-0.3, -0.25) is 4.79 Å². The van der Waals surface area contributed by atoms with Gasteiger partial charge in [0.05, 0.1) is 0 Å². The molecule has 0 amide bonds. The summed E-state index contributed by atoms with van der Waals surface area (Å²) >= 11 is 0. The summed E-state index contributed by atoms with van der Waals surface area (Å²) in [6.07, 6.45) is 11.8. The van der Waals surface area contributed by atoms with E-state index in [2.05, 4.69) is 13.0 Å². The Kier molecular flexibility index (Phi) is 5.62. The molecule has 1 aromatic carbocycles. The van der Waals surface area contributed by atoms with E-state index in [4.69, 9.17) is 0 Å². The maximum atomic E-state index is 10.8. The average Bonchev–Trinajstić information content (AvgIpc) is 2.46. The first-order chi connectivity index (χ1) is 9.31. The molecular formula is C18H26O. The van der Waals surface area contributed by atoms with Crippen LogP contribution in [0.3, 0.4) is 0 Å². The van der Waals surface area contributed by atoms with Gasteiger partial charge >= 0.3 is 0 Å². The van der Waals surface area contributed by atoms with Crippen molar-refractivity contribution in [2.45, 2.75) is 58.3 Å². The van der Waals surface area contributed by atoms with Gasteiger partial charge in [0.1, 0.15) is 6.29 Å². The molecule has 2 unspecified atom stereocenters. The van der Waals surface area contributed by atoms with Gasteiger partial charge in [-0.15, -0.1) is 0 Å². The minimum absolute atomic E-state index is 0.810. The lowest BCUT2D eigenvalue weighted by Crippen LogP contribution is -2.16. The number of carbonyl (C=O) groups excluding carboxylic acids is 1. The molecule has 0 aromatic heterocycles. The second kappa shape index (κ2) is 7.47. The molecule has 0 spiro atoms. The highest BCUT2D eigenvalue weighted by Gasteiger charge is 2.20. The Morgan fingerprint density at radius 1 is 1.21 bits per heavy atom. The maximum Gasteiger partial charge on any atom is 0.150 e. The molecule has 1 saturated carbocycles. The number of aldehydes is 1. The number of hydrogen-bond acceptors (Lipinski definition) is 1. The van der Waals surface area contributed by atoms with E-state index in [0.717, 1.165) is 30.1 Å². The molecular weight excluding hydrogens is 232 g/mol. The first kappa shape index (κ1) is 14.3. The van der Waals surface area contributed by atoms with Crippen molar-refractivity contribution in [2.24, 2.45) is 11.8 Å². The fourth-order valence-corrected chi connectivity index (χ4v) is 3.53. The van der Waals surface area contributed by atoms with E-state index in [1.54, 1.807) is 0 Å². The van der Waals surface area contributed by atoms with Crippen molar-refractivity contribution in [3.63, 3.8) is 0 Å². The second-order valence-corrected chi connectivity index (χ2v) is 6.09. The van der Waals surface area contributed by atoms with Gasteiger partial charge in [0.15, 0.2) is 0 Å². The van der Waals surface area contributed by atoms with Gasteiger partial charge in [0.2, 0.25) is 0 Å². The van der Waals surface area contributed by atoms with Crippen LogP contribution >= 0.6 is 0 Å². The largest absolute Gasteiger partial charge is 0.298 e. The molecule has 1 nitrogen and oxygen atoms in total. The lowest BCUT2D eigenvalue weighted by atomic mass is 9.77. The topological polar surface area (TPSA) is 17.1 Å². The van der Waals surface area contributed by atoms with E-state index in [-0.39, 0.29) is 0 Å². The normalized spacial score (nSPS) is 23.2. The molecule has 0 aliphatic heterocycles. The van der Waals surface area contributed by atoms with Crippen LogP contribution in [0.4, 0.5) is 0 Å². The number of rotatable bonds is 6. The summed E-state index contributed by atoms with van der Waals surface area (Å²) in [5.41, 5.74) is 2.13. The number of aryl methyl sites for hydroxylation is 1. The van der Waals surface area contributed by atoms with Crippen LogP contribution < -0.4 is 0 Å². The highest BCUT2D eigenvalue weighted by atomic mass is 16.1. The van der Waals surface area contributed by atoms with Crippen LogP contribution in [-0.2, 0) is 6.42 Å². The molecule has 19 heavy (non-hydrogen) atoms. The van der Waals surface area contributed by atoms with Crippen molar-refractivity contribution < 1.29 is 4.79 Å². The summed E-state index contributed by atoms with van der Waals surface area (Å²) in [5, 5.41) is 0. The van der Waals surface area contributed by atoms with E-state index < -0.39 is 0 Å². The Bertz CT molecular complexity index is 394. The minimum atomic E-state index is 0.810. The van der Waals surface area contributed by atoms with E-state index in [0.29, 0.717) is 0 Å². The molecule has 1 heteroatoms. The van der Waals surface area contributed by atoms with Crippen molar-refractivity contribution in [3.8, 4) is 0 Å². The fraction of sp³-hybridized carbons (Fsp3) is 0.611. The third-order valence-corrected chi connectivity index (χ3v) is 4.52. The van der Waals surface area contributed by atoms with E-state index in [1.807, 2.05) is 18.2 Å². The van der Waals surface area contributed by atoms with Gasteiger partial charge in [-0.05, 0) is 42.7 Å². The van der Waals surface area contributed by atoms with Gasteiger partial charge in [-0.1, -0.05) is 57.2 Å². The Labute approximate surface area is 117 Å². The summed E-state index contributed by atoms with van der Waals surface area (Å²) in [4.78, 5) is 10.8. The SMILES string of the molecule is CCCC1CCCC(CCc2cccc(C=O)c2)C1. The number of benzene rings is 1. The Morgan fingerprint density at radius 3 is 2.74 bits per heavy atom. The summed E-state index contributed by atoms with van der Waals surface area (Å²) < 4.78 is 0. The van der Waals surface area contributed by atoms with E-state index in [9.17, 15) is 4.79 Å². The third kappa shape index (κ3) is 4.49. The van der Waals surface area contributed by atoms with Crippen molar-refractivity contribution >= 4 is 6.29 Å². The highest BCUT2D eigenvalue weighted by molar-refractivity contribution is 5.74. The molecule has 2 rings (SSSR count). The lowest BCUT2D eigenvalue weighted by Gasteiger charge is -2.29. The average molecular weight is 258 g/mol. The van der Waals surface area contributed by atoms with E-state index in [1.165, 1.54) is 50.5 Å². The molecule has 0 radical (unpaired) electrons. The molecule has 0 heterocycles. The fourth-order valence-electron chi connectivity index (χ4n) is 3.53. The third-order valence-electron chi connectivity index (χ3n) is 4.52.